The molecule has 2 aromatic rings. The van der Waals surface area contributed by atoms with Crippen LogP contribution in [0.1, 0.15) is 10.4 Å². The van der Waals surface area contributed by atoms with E-state index < -0.39 is 5.97 Å². The summed E-state index contributed by atoms with van der Waals surface area (Å²) in [6.07, 6.45) is 0. The summed E-state index contributed by atoms with van der Waals surface area (Å²) in [7, 11) is 0. The van der Waals surface area contributed by atoms with Gasteiger partial charge in [0.05, 0.1) is 10.3 Å². The molecule has 0 radical (unpaired) electrons. The van der Waals surface area contributed by atoms with Crippen molar-refractivity contribution in [3.05, 3.63) is 23.8 Å². The van der Waals surface area contributed by atoms with Crippen LogP contribution in [0.15, 0.2) is 18.2 Å². The number of carboxylic acids is 1. The van der Waals surface area contributed by atoms with Gasteiger partial charge in [-0.05, 0) is 12.1 Å². The van der Waals surface area contributed by atoms with Crippen molar-refractivity contribution >= 4 is 32.4 Å². The van der Waals surface area contributed by atoms with Gasteiger partial charge in [-0.25, -0.2) is 4.79 Å². The van der Waals surface area contributed by atoms with Crippen molar-refractivity contribution in [2.24, 2.45) is 0 Å². The molecule has 0 saturated carbocycles. The minimum absolute atomic E-state index is 0.0342. The van der Waals surface area contributed by atoms with Crippen molar-refractivity contribution in [1.29, 1.82) is 0 Å². The van der Waals surface area contributed by atoms with Crippen molar-refractivity contribution in [3.8, 4) is 5.75 Å². The summed E-state index contributed by atoms with van der Waals surface area (Å²) >= 11 is 1.08. The van der Waals surface area contributed by atoms with Gasteiger partial charge in [0.15, 0.2) is 5.75 Å². The first-order valence-electron chi connectivity index (χ1n) is 3.84. The van der Waals surface area contributed by atoms with E-state index in [2.05, 4.69) is 0 Å². The lowest BCUT2D eigenvalue weighted by molar-refractivity contribution is 0.0699. The van der Waals surface area contributed by atoms with Crippen LogP contribution in [0.3, 0.4) is 0 Å². The SMILES string of the molecule is Nc1sc2c(C(=O)O)cccc2c1O. The third-order valence-corrected chi connectivity index (χ3v) is 3.00. The highest BCUT2D eigenvalue weighted by molar-refractivity contribution is 7.23. The zero-order chi connectivity index (χ0) is 10.3. The third kappa shape index (κ3) is 1.10. The molecule has 0 fully saturated rings. The van der Waals surface area contributed by atoms with Gasteiger partial charge in [0.25, 0.3) is 0 Å². The van der Waals surface area contributed by atoms with Crippen LogP contribution < -0.4 is 5.73 Å². The van der Waals surface area contributed by atoms with Crippen LogP contribution in [0.25, 0.3) is 10.1 Å². The highest BCUT2D eigenvalue weighted by Crippen LogP contribution is 2.40. The van der Waals surface area contributed by atoms with Crippen LogP contribution >= 0.6 is 11.3 Å². The maximum absolute atomic E-state index is 10.8. The Hall–Kier alpha value is -1.75. The minimum Gasteiger partial charge on any atom is -0.504 e. The van der Waals surface area contributed by atoms with Crippen LogP contribution in [-0.4, -0.2) is 16.2 Å². The lowest BCUT2D eigenvalue weighted by Gasteiger charge is -1.95. The molecule has 0 spiro atoms. The van der Waals surface area contributed by atoms with Crippen LogP contribution in [0, 0.1) is 0 Å². The van der Waals surface area contributed by atoms with Crippen LogP contribution in [0.4, 0.5) is 5.00 Å². The first kappa shape index (κ1) is 8.83. The first-order valence-corrected chi connectivity index (χ1v) is 4.66. The van der Waals surface area contributed by atoms with Crippen molar-refractivity contribution in [2.45, 2.75) is 0 Å². The predicted octanol–water partition coefficient (Wildman–Crippen LogP) is 1.89. The maximum atomic E-state index is 10.8. The van der Waals surface area contributed by atoms with E-state index in [0.717, 1.165) is 11.3 Å². The number of benzene rings is 1. The molecule has 0 aliphatic rings. The third-order valence-electron chi connectivity index (χ3n) is 1.95. The number of aromatic carboxylic acids is 1. The van der Waals surface area contributed by atoms with E-state index in [-0.39, 0.29) is 16.3 Å². The number of carboxylic acid groups (broad SMARTS) is 1. The van der Waals surface area contributed by atoms with E-state index in [4.69, 9.17) is 10.8 Å². The topological polar surface area (TPSA) is 83.6 Å². The number of anilines is 1. The number of rotatable bonds is 1. The van der Waals surface area contributed by atoms with Gasteiger partial charge in [-0.3, -0.25) is 0 Å². The second-order valence-corrected chi connectivity index (χ2v) is 3.85. The molecule has 2 rings (SSSR count). The number of thiophene rings is 1. The molecular weight excluding hydrogens is 202 g/mol. The van der Waals surface area contributed by atoms with Crippen molar-refractivity contribution < 1.29 is 15.0 Å². The summed E-state index contributed by atoms with van der Waals surface area (Å²) in [5.41, 5.74) is 5.66. The Morgan fingerprint density at radius 3 is 2.79 bits per heavy atom. The van der Waals surface area contributed by atoms with E-state index in [1.807, 2.05) is 0 Å². The van der Waals surface area contributed by atoms with Crippen molar-refractivity contribution in [1.82, 2.24) is 0 Å². The first-order chi connectivity index (χ1) is 6.61. The van der Waals surface area contributed by atoms with E-state index in [1.165, 1.54) is 6.07 Å². The Kier molecular flexibility index (Phi) is 1.82. The molecule has 0 aliphatic carbocycles. The van der Waals surface area contributed by atoms with E-state index in [1.54, 1.807) is 12.1 Å². The molecular formula is C9H7NO3S. The predicted molar refractivity (Wildman–Crippen MR) is 54.9 cm³/mol. The average molecular weight is 209 g/mol. The molecule has 1 aromatic carbocycles. The number of nitrogen functional groups attached to an aromatic ring is 1. The Bertz CT molecular complexity index is 518. The Morgan fingerprint density at radius 2 is 2.14 bits per heavy atom. The average Bonchev–Trinajstić information content (AvgIpc) is 2.43. The molecule has 14 heavy (non-hydrogen) atoms. The number of hydrogen-bond acceptors (Lipinski definition) is 4. The zero-order valence-corrected chi connectivity index (χ0v) is 7.84. The fourth-order valence-corrected chi connectivity index (χ4v) is 2.26. The molecule has 4 N–H and O–H groups in total. The molecule has 5 heteroatoms. The van der Waals surface area contributed by atoms with E-state index in [0.29, 0.717) is 10.1 Å². The molecule has 0 atom stereocenters. The number of aromatic hydroxyl groups is 1. The summed E-state index contributed by atoms with van der Waals surface area (Å²) in [6.45, 7) is 0. The monoisotopic (exact) mass is 209 g/mol. The van der Waals surface area contributed by atoms with Crippen molar-refractivity contribution in [3.63, 3.8) is 0 Å². The lowest BCUT2D eigenvalue weighted by Crippen LogP contribution is -1.94. The van der Waals surface area contributed by atoms with Gasteiger partial charge in [-0.15, -0.1) is 11.3 Å². The summed E-state index contributed by atoms with van der Waals surface area (Å²) in [4.78, 5) is 10.8. The van der Waals surface area contributed by atoms with Crippen LogP contribution in [-0.2, 0) is 0 Å². The van der Waals surface area contributed by atoms with Gasteiger partial charge in [-0.2, -0.15) is 0 Å². The number of nitrogens with two attached hydrogens (primary N) is 1. The largest absolute Gasteiger partial charge is 0.504 e. The van der Waals surface area contributed by atoms with Gasteiger partial charge in [0.2, 0.25) is 0 Å². The number of fused-ring (bicyclic) bond motifs is 1. The van der Waals surface area contributed by atoms with E-state index >= 15 is 0 Å². The molecule has 72 valence electrons. The van der Waals surface area contributed by atoms with Gasteiger partial charge in [0.1, 0.15) is 5.00 Å². The maximum Gasteiger partial charge on any atom is 0.337 e. The molecule has 0 bridgehead atoms. The molecule has 0 aliphatic heterocycles. The molecule has 0 saturated heterocycles. The highest BCUT2D eigenvalue weighted by atomic mass is 32.1. The van der Waals surface area contributed by atoms with Crippen molar-refractivity contribution in [2.75, 3.05) is 5.73 Å². The van der Waals surface area contributed by atoms with Gasteiger partial charge in [0, 0.05) is 5.39 Å². The standard InChI is InChI=1S/C9H7NO3S/c10-8-6(11)4-2-1-3-5(9(12)13)7(4)14-8/h1-3,11H,10H2,(H,12,13). The fourth-order valence-electron chi connectivity index (χ4n) is 1.29. The molecule has 1 aromatic heterocycles. The van der Waals surface area contributed by atoms with Gasteiger partial charge in [-0.1, -0.05) is 6.07 Å². The van der Waals surface area contributed by atoms with Crippen LogP contribution in [0.2, 0.25) is 0 Å². The second kappa shape index (κ2) is 2.88. The quantitative estimate of drug-likeness (QED) is 0.669. The zero-order valence-electron chi connectivity index (χ0n) is 7.02. The van der Waals surface area contributed by atoms with Gasteiger partial charge < -0.3 is 15.9 Å². The molecule has 4 nitrogen and oxygen atoms in total. The summed E-state index contributed by atoms with van der Waals surface area (Å²) in [5.74, 6) is -1.05. The fraction of sp³-hybridized carbons (Fsp3) is 0. The molecule has 0 unspecified atom stereocenters. The van der Waals surface area contributed by atoms with Gasteiger partial charge >= 0.3 is 5.97 Å². The second-order valence-electron chi connectivity index (χ2n) is 2.80. The highest BCUT2D eigenvalue weighted by Gasteiger charge is 2.14. The Labute approximate surface area is 83.2 Å². The number of hydrogen-bond donors (Lipinski definition) is 3. The molecule has 0 amide bonds. The molecule has 1 heterocycles. The minimum atomic E-state index is -1.02. The normalized spacial score (nSPS) is 10.6. The lowest BCUT2D eigenvalue weighted by atomic mass is 10.1. The smallest absolute Gasteiger partial charge is 0.337 e. The number of carbonyl (C=O) groups is 1. The Balaban J connectivity index is 2.88. The summed E-state index contributed by atoms with van der Waals surface area (Å²) < 4.78 is 0.509. The van der Waals surface area contributed by atoms with E-state index in [9.17, 15) is 9.90 Å². The summed E-state index contributed by atoms with van der Waals surface area (Å²) in [6, 6.07) is 4.71. The van der Waals surface area contributed by atoms with Crippen LogP contribution in [0.5, 0.6) is 5.75 Å². The summed E-state index contributed by atoms with van der Waals surface area (Å²) in [5, 5.41) is 19.1. The Morgan fingerprint density at radius 1 is 1.43 bits per heavy atom.